The van der Waals surface area contributed by atoms with E-state index in [1.165, 1.54) is 38.3 Å². The Hall–Kier alpha value is -2.74. The van der Waals surface area contributed by atoms with Gasteiger partial charge in [0.15, 0.2) is 5.78 Å². The molecule has 1 N–H and O–H groups in total. The molecule has 8 nitrogen and oxygen atoms in total. The summed E-state index contributed by atoms with van der Waals surface area (Å²) in [5.41, 5.74) is -1.04. The van der Waals surface area contributed by atoms with Gasteiger partial charge in [-0.15, -0.1) is 0 Å². The topological polar surface area (TPSA) is 116 Å². The molecule has 1 fully saturated rings. The fourth-order valence-electron chi connectivity index (χ4n) is 3.99. The second-order valence-corrected chi connectivity index (χ2v) is 8.57. The summed E-state index contributed by atoms with van der Waals surface area (Å²) in [4.78, 5) is 50.6. The number of rotatable bonds is 6. The van der Waals surface area contributed by atoms with Gasteiger partial charge in [-0.2, -0.15) is 0 Å². The third-order valence-electron chi connectivity index (χ3n) is 5.20. The summed E-state index contributed by atoms with van der Waals surface area (Å²) in [5, 5.41) is 11.0. The van der Waals surface area contributed by atoms with E-state index in [9.17, 15) is 24.3 Å². The highest BCUT2D eigenvalue weighted by molar-refractivity contribution is 6.03. The molecule has 2 rings (SSSR count). The van der Waals surface area contributed by atoms with E-state index >= 15 is 0 Å². The first kappa shape index (κ1) is 24.5. The third kappa shape index (κ3) is 5.50. The maximum Gasteiger partial charge on any atom is 0.337 e. The van der Waals surface area contributed by atoms with Crippen molar-refractivity contribution >= 4 is 23.7 Å². The molecule has 0 saturated heterocycles. The van der Waals surface area contributed by atoms with Crippen LogP contribution in [0.15, 0.2) is 24.3 Å². The Morgan fingerprint density at radius 1 is 1.00 bits per heavy atom. The summed E-state index contributed by atoms with van der Waals surface area (Å²) in [7, 11) is 1.25. The predicted octanol–water partition coefficient (Wildman–Crippen LogP) is 2.42. The van der Waals surface area contributed by atoms with Gasteiger partial charge in [0.1, 0.15) is 5.92 Å². The summed E-state index contributed by atoms with van der Waals surface area (Å²) in [5.74, 6) is -6.06. The van der Waals surface area contributed by atoms with E-state index in [0.29, 0.717) is 5.56 Å². The van der Waals surface area contributed by atoms with E-state index in [-0.39, 0.29) is 12.0 Å². The molecular weight excluding hydrogens is 404 g/mol. The molecule has 0 aliphatic heterocycles. The van der Waals surface area contributed by atoms with Crippen LogP contribution in [-0.4, -0.2) is 53.7 Å². The van der Waals surface area contributed by atoms with Gasteiger partial charge < -0.3 is 19.3 Å². The number of Topliss-reactive ketones (excluding diaryl/α,β-unsaturated/α-hetero) is 1. The summed E-state index contributed by atoms with van der Waals surface area (Å²) in [6, 6.07) is 6.03. The van der Waals surface area contributed by atoms with Gasteiger partial charge >= 0.3 is 17.9 Å². The van der Waals surface area contributed by atoms with Crippen molar-refractivity contribution in [1.29, 1.82) is 0 Å². The molecule has 1 aromatic rings. The van der Waals surface area contributed by atoms with Gasteiger partial charge in [-0.1, -0.05) is 12.1 Å². The largest absolute Gasteiger partial charge is 0.465 e. The van der Waals surface area contributed by atoms with Crippen molar-refractivity contribution in [3.63, 3.8) is 0 Å². The molecule has 170 valence electrons. The number of methoxy groups -OCH3 is 1. The molecule has 0 aromatic heterocycles. The second kappa shape index (κ2) is 9.60. The highest BCUT2D eigenvalue weighted by atomic mass is 16.5. The Kier molecular flexibility index (Phi) is 7.59. The molecule has 0 bridgehead atoms. The van der Waals surface area contributed by atoms with Gasteiger partial charge in [-0.25, -0.2) is 4.79 Å². The van der Waals surface area contributed by atoms with E-state index < -0.39 is 59.3 Å². The lowest BCUT2D eigenvalue weighted by molar-refractivity contribution is -0.176. The lowest BCUT2D eigenvalue weighted by atomic mass is 9.61. The average molecular weight is 434 g/mol. The van der Waals surface area contributed by atoms with E-state index in [2.05, 4.69) is 0 Å². The third-order valence-corrected chi connectivity index (χ3v) is 5.20. The van der Waals surface area contributed by atoms with Crippen molar-refractivity contribution < 1.29 is 38.5 Å². The van der Waals surface area contributed by atoms with Crippen LogP contribution in [-0.2, 0) is 28.6 Å². The highest BCUT2D eigenvalue weighted by Gasteiger charge is 2.57. The van der Waals surface area contributed by atoms with E-state index in [1.807, 2.05) is 0 Å². The molecule has 0 spiro atoms. The van der Waals surface area contributed by atoms with Crippen molar-refractivity contribution in [3.8, 4) is 0 Å². The quantitative estimate of drug-likeness (QED) is 0.412. The van der Waals surface area contributed by atoms with Crippen LogP contribution >= 0.6 is 0 Å². The molecule has 0 amide bonds. The van der Waals surface area contributed by atoms with Crippen LogP contribution in [0.5, 0.6) is 0 Å². The van der Waals surface area contributed by atoms with Crippen LogP contribution in [0.25, 0.3) is 0 Å². The van der Waals surface area contributed by atoms with Crippen LogP contribution in [0.4, 0.5) is 0 Å². The van der Waals surface area contributed by atoms with E-state index in [4.69, 9.17) is 14.2 Å². The van der Waals surface area contributed by atoms with Gasteiger partial charge in [-0.3, -0.25) is 14.4 Å². The van der Waals surface area contributed by atoms with Crippen molar-refractivity contribution in [3.05, 3.63) is 35.4 Å². The van der Waals surface area contributed by atoms with Gasteiger partial charge in [0.25, 0.3) is 0 Å². The summed E-state index contributed by atoms with van der Waals surface area (Å²) in [6.07, 6.45) is -1.31. The number of benzene rings is 1. The Labute approximate surface area is 181 Å². The molecule has 0 heterocycles. The van der Waals surface area contributed by atoms with Crippen LogP contribution in [0.3, 0.4) is 0 Å². The first-order valence-corrected chi connectivity index (χ1v) is 10.2. The maximum atomic E-state index is 13.0. The number of ketones is 1. The second-order valence-electron chi connectivity index (χ2n) is 8.57. The molecule has 1 aromatic carbocycles. The SMILES string of the molecule is COC(=O)c1ccc([C@@H]2[C@H](C(=O)OC(C)C)C(=O)C[C@](C)(O)[C@@H]2C(=O)OC(C)C)cc1. The van der Waals surface area contributed by atoms with Crippen LogP contribution < -0.4 is 0 Å². The summed E-state index contributed by atoms with van der Waals surface area (Å²) < 4.78 is 15.4. The Balaban J connectivity index is 2.61. The van der Waals surface area contributed by atoms with Crippen LogP contribution in [0, 0.1) is 11.8 Å². The Morgan fingerprint density at radius 3 is 2.00 bits per heavy atom. The summed E-state index contributed by atoms with van der Waals surface area (Å²) in [6.45, 7) is 8.05. The first-order chi connectivity index (χ1) is 14.4. The van der Waals surface area contributed by atoms with Crippen LogP contribution in [0.2, 0.25) is 0 Å². The predicted molar refractivity (Wildman–Crippen MR) is 110 cm³/mol. The van der Waals surface area contributed by atoms with Gasteiger partial charge in [0.05, 0.1) is 36.4 Å². The van der Waals surface area contributed by atoms with Gasteiger partial charge in [-0.05, 0) is 52.3 Å². The van der Waals surface area contributed by atoms with Gasteiger partial charge in [0.2, 0.25) is 0 Å². The van der Waals surface area contributed by atoms with Crippen molar-refractivity contribution in [2.24, 2.45) is 11.8 Å². The molecule has 31 heavy (non-hydrogen) atoms. The summed E-state index contributed by atoms with van der Waals surface area (Å²) >= 11 is 0. The maximum absolute atomic E-state index is 13.0. The smallest absolute Gasteiger partial charge is 0.337 e. The molecule has 0 radical (unpaired) electrons. The monoisotopic (exact) mass is 434 g/mol. The number of ether oxygens (including phenoxy) is 3. The average Bonchev–Trinajstić information content (AvgIpc) is 2.64. The zero-order valence-corrected chi connectivity index (χ0v) is 18.7. The molecule has 1 saturated carbocycles. The normalized spacial score (nSPS) is 26.0. The number of carbonyl (C=O) groups excluding carboxylic acids is 4. The van der Waals surface area contributed by atoms with Crippen LogP contribution in [0.1, 0.15) is 62.9 Å². The van der Waals surface area contributed by atoms with E-state index in [0.717, 1.165) is 0 Å². The number of hydrogen-bond donors (Lipinski definition) is 1. The first-order valence-electron chi connectivity index (χ1n) is 10.2. The molecular formula is C23H30O8. The zero-order valence-electron chi connectivity index (χ0n) is 18.7. The lowest BCUT2D eigenvalue weighted by Crippen LogP contribution is -2.55. The molecule has 1 aliphatic carbocycles. The minimum Gasteiger partial charge on any atom is -0.465 e. The minimum absolute atomic E-state index is 0.266. The molecule has 1 aliphatic rings. The lowest BCUT2D eigenvalue weighted by Gasteiger charge is -2.44. The van der Waals surface area contributed by atoms with Gasteiger partial charge in [0, 0.05) is 12.3 Å². The van der Waals surface area contributed by atoms with Crippen molar-refractivity contribution in [2.45, 2.75) is 64.8 Å². The van der Waals surface area contributed by atoms with Crippen molar-refractivity contribution in [1.82, 2.24) is 0 Å². The number of hydrogen-bond acceptors (Lipinski definition) is 8. The standard InChI is InChI=1S/C23H30O8/c1-12(2)30-21(26)18-16(24)11-23(5,28)19(22(27)31-13(3)4)17(18)14-7-9-15(10-8-14)20(25)29-6/h7-10,12-13,17-19,28H,11H2,1-6H3/t17-,18-,19+,23+/m1/s1. The van der Waals surface area contributed by atoms with Crippen molar-refractivity contribution in [2.75, 3.05) is 7.11 Å². The fourth-order valence-corrected chi connectivity index (χ4v) is 3.99. The minimum atomic E-state index is -1.73. The fraction of sp³-hybridized carbons (Fsp3) is 0.565. The number of carbonyl (C=O) groups is 4. The highest BCUT2D eigenvalue weighted by Crippen LogP contribution is 2.47. The number of esters is 3. The van der Waals surface area contributed by atoms with E-state index in [1.54, 1.807) is 27.7 Å². The number of aliphatic hydroxyl groups is 1. The zero-order chi connectivity index (χ0) is 23.5. The molecule has 0 unspecified atom stereocenters. The molecule has 8 heteroatoms. The molecule has 4 atom stereocenters. The Bertz CT molecular complexity index is 830. The Morgan fingerprint density at radius 2 is 1.52 bits per heavy atom.